The highest BCUT2D eigenvalue weighted by molar-refractivity contribution is 7.10. The minimum absolute atomic E-state index is 0.476. The van der Waals surface area contributed by atoms with Crippen molar-refractivity contribution in [3.63, 3.8) is 0 Å². The van der Waals surface area contributed by atoms with Crippen LogP contribution in [0.3, 0.4) is 0 Å². The first-order chi connectivity index (χ1) is 11.6. The number of thiophene rings is 1. The summed E-state index contributed by atoms with van der Waals surface area (Å²) in [6.45, 7) is 4.83. The van der Waals surface area contributed by atoms with Crippen molar-refractivity contribution in [2.75, 3.05) is 27.7 Å². The van der Waals surface area contributed by atoms with Crippen molar-refractivity contribution < 1.29 is 0 Å². The van der Waals surface area contributed by atoms with Crippen molar-refractivity contribution in [2.24, 2.45) is 4.99 Å². The molecule has 24 heavy (non-hydrogen) atoms. The van der Waals surface area contributed by atoms with Crippen molar-refractivity contribution in [3.05, 3.63) is 57.8 Å². The maximum atomic E-state index is 4.33. The van der Waals surface area contributed by atoms with E-state index in [9.17, 15) is 0 Å². The van der Waals surface area contributed by atoms with Crippen LogP contribution < -0.4 is 10.6 Å². The number of nitrogens with zero attached hydrogens (tertiary/aromatic N) is 2. The summed E-state index contributed by atoms with van der Waals surface area (Å²) in [6, 6.07) is 12.8. The van der Waals surface area contributed by atoms with E-state index in [2.05, 4.69) is 83.3 Å². The highest BCUT2D eigenvalue weighted by Gasteiger charge is 2.08. The van der Waals surface area contributed by atoms with E-state index in [1.54, 1.807) is 11.3 Å². The van der Waals surface area contributed by atoms with Crippen LogP contribution in [0.5, 0.6) is 0 Å². The molecule has 0 saturated heterocycles. The lowest BCUT2D eigenvalue weighted by Gasteiger charge is -2.17. The van der Waals surface area contributed by atoms with Gasteiger partial charge in [0.2, 0.25) is 0 Å². The third-order valence-electron chi connectivity index (χ3n) is 3.88. The molecule has 1 atom stereocenters. The van der Waals surface area contributed by atoms with Gasteiger partial charge in [-0.25, -0.2) is 0 Å². The third kappa shape index (κ3) is 5.65. The van der Waals surface area contributed by atoms with Gasteiger partial charge >= 0.3 is 0 Å². The molecule has 0 bridgehead atoms. The molecular weight excluding hydrogens is 316 g/mol. The summed E-state index contributed by atoms with van der Waals surface area (Å²) < 4.78 is 0. The maximum Gasteiger partial charge on any atom is 0.191 e. The van der Waals surface area contributed by atoms with Crippen molar-refractivity contribution >= 4 is 17.3 Å². The molecule has 0 aliphatic rings. The molecule has 0 radical (unpaired) electrons. The molecule has 2 aromatic rings. The van der Waals surface area contributed by atoms with Crippen molar-refractivity contribution in [3.8, 4) is 0 Å². The summed E-state index contributed by atoms with van der Waals surface area (Å²) >= 11 is 1.80. The molecule has 2 rings (SSSR count). The van der Waals surface area contributed by atoms with Crippen LogP contribution in [-0.2, 0) is 13.1 Å². The van der Waals surface area contributed by atoms with Crippen LogP contribution in [0.25, 0.3) is 0 Å². The van der Waals surface area contributed by atoms with Gasteiger partial charge in [0.25, 0.3) is 0 Å². The van der Waals surface area contributed by atoms with E-state index in [0.717, 1.165) is 25.6 Å². The van der Waals surface area contributed by atoms with Crippen molar-refractivity contribution in [2.45, 2.75) is 25.9 Å². The summed E-state index contributed by atoms with van der Waals surface area (Å²) in [5.41, 5.74) is 2.65. The Kier molecular flexibility index (Phi) is 7.28. The molecule has 0 aliphatic carbocycles. The minimum atomic E-state index is 0.476. The van der Waals surface area contributed by atoms with Gasteiger partial charge in [-0.1, -0.05) is 37.3 Å². The Labute approximate surface area is 149 Å². The predicted molar refractivity (Wildman–Crippen MR) is 105 cm³/mol. The molecule has 4 nitrogen and oxygen atoms in total. The normalized spacial score (nSPS) is 13.1. The maximum absolute atomic E-state index is 4.33. The van der Waals surface area contributed by atoms with Gasteiger partial charge < -0.3 is 15.5 Å². The fourth-order valence-electron chi connectivity index (χ4n) is 2.55. The van der Waals surface area contributed by atoms with Crippen molar-refractivity contribution in [1.29, 1.82) is 0 Å². The monoisotopic (exact) mass is 344 g/mol. The van der Waals surface area contributed by atoms with E-state index in [1.807, 2.05) is 7.05 Å². The molecule has 2 N–H and O–H groups in total. The molecule has 0 spiro atoms. The molecule has 0 amide bonds. The molecule has 0 saturated carbocycles. The van der Waals surface area contributed by atoms with Gasteiger partial charge in [-0.3, -0.25) is 4.99 Å². The average molecular weight is 345 g/mol. The number of guanidine groups is 1. The molecule has 1 aromatic heterocycles. The van der Waals surface area contributed by atoms with Gasteiger partial charge in [-0.2, -0.15) is 0 Å². The number of hydrogen-bond acceptors (Lipinski definition) is 3. The summed E-state index contributed by atoms with van der Waals surface area (Å²) in [5.74, 6) is 1.32. The smallest absolute Gasteiger partial charge is 0.191 e. The third-order valence-corrected chi connectivity index (χ3v) is 4.98. The van der Waals surface area contributed by atoms with Crippen LogP contribution >= 0.6 is 11.3 Å². The first-order valence-corrected chi connectivity index (χ1v) is 9.17. The lowest BCUT2D eigenvalue weighted by molar-refractivity contribution is 0.400. The molecular formula is C19H28N4S. The van der Waals surface area contributed by atoms with E-state index in [0.29, 0.717) is 5.92 Å². The Morgan fingerprint density at radius 2 is 1.88 bits per heavy atom. The fourth-order valence-corrected chi connectivity index (χ4v) is 3.33. The van der Waals surface area contributed by atoms with Gasteiger partial charge in [-0.05, 0) is 36.7 Å². The second-order valence-corrected chi connectivity index (χ2v) is 7.21. The summed E-state index contributed by atoms with van der Waals surface area (Å²) in [4.78, 5) is 7.92. The predicted octanol–water partition coefficient (Wildman–Crippen LogP) is 3.28. The Morgan fingerprint density at radius 3 is 2.50 bits per heavy atom. The Hall–Kier alpha value is -1.85. The highest BCUT2D eigenvalue weighted by Crippen LogP contribution is 2.19. The van der Waals surface area contributed by atoms with E-state index < -0.39 is 0 Å². The minimum Gasteiger partial charge on any atom is -0.356 e. The quantitative estimate of drug-likeness (QED) is 0.598. The standard InChI is InChI=1S/C19H28N4S/c1-15(18-10-7-11-24-18)12-21-19(20-2)22-13-16-8-5-6-9-17(16)14-23(3)4/h5-11,15H,12-14H2,1-4H3,(H2,20,21,22). The molecule has 1 unspecified atom stereocenters. The summed E-state index contributed by atoms with van der Waals surface area (Å²) in [5, 5.41) is 8.97. The molecule has 0 fully saturated rings. The second-order valence-electron chi connectivity index (χ2n) is 6.23. The van der Waals surface area contributed by atoms with Crippen LogP contribution in [0.1, 0.15) is 28.8 Å². The van der Waals surface area contributed by atoms with Crippen LogP contribution in [0.2, 0.25) is 0 Å². The first kappa shape index (κ1) is 18.5. The summed E-state index contributed by atoms with van der Waals surface area (Å²) in [6.07, 6.45) is 0. The van der Waals surface area contributed by atoms with Crippen LogP contribution in [-0.4, -0.2) is 38.5 Å². The Morgan fingerprint density at radius 1 is 1.12 bits per heavy atom. The van der Waals surface area contributed by atoms with Gasteiger partial charge in [0.05, 0.1) is 0 Å². The van der Waals surface area contributed by atoms with Gasteiger partial charge in [-0.15, -0.1) is 11.3 Å². The highest BCUT2D eigenvalue weighted by atomic mass is 32.1. The van der Waals surface area contributed by atoms with E-state index in [-0.39, 0.29) is 0 Å². The first-order valence-electron chi connectivity index (χ1n) is 8.29. The Balaban J connectivity index is 1.88. The zero-order valence-electron chi connectivity index (χ0n) is 15.0. The second kappa shape index (κ2) is 9.45. The molecule has 5 heteroatoms. The van der Waals surface area contributed by atoms with Crippen molar-refractivity contribution in [1.82, 2.24) is 15.5 Å². The van der Waals surface area contributed by atoms with Crippen LogP contribution in [0, 0.1) is 0 Å². The zero-order valence-corrected chi connectivity index (χ0v) is 15.9. The lowest BCUT2D eigenvalue weighted by Crippen LogP contribution is -2.38. The average Bonchev–Trinajstić information content (AvgIpc) is 3.10. The summed E-state index contributed by atoms with van der Waals surface area (Å²) in [7, 11) is 6.00. The molecule has 1 heterocycles. The lowest BCUT2D eigenvalue weighted by atomic mass is 10.1. The van der Waals surface area contributed by atoms with Gasteiger partial charge in [0.15, 0.2) is 5.96 Å². The number of nitrogens with one attached hydrogen (secondary N) is 2. The topological polar surface area (TPSA) is 39.7 Å². The number of rotatable bonds is 7. The van der Waals surface area contributed by atoms with Gasteiger partial charge in [0, 0.05) is 37.5 Å². The van der Waals surface area contributed by atoms with E-state index >= 15 is 0 Å². The Bertz CT molecular complexity index is 635. The molecule has 1 aromatic carbocycles. The molecule has 0 aliphatic heterocycles. The van der Waals surface area contributed by atoms with Crippen LogP contribution in [0.4, 0.5) is 0 Å². The molecule has 130 valence electrons. The SMILES string of the molecule is CN=C(NCc1ccccc1CN(C)C)NCC(C)c1cccs1. The van der Waals surface area contributed by atoms with E-state index in [4.69, 9.17) is 0 Å². The fraction of sp³-hybridized carbons (Fsp3) is 0.421. The van der Waals surface area contributed by atoms with Crippen LogP contribution in [0.15, 0.2) is 46.8 Å². The van der Waals surface area contributed by atoms with E-state index in [1.165, 1.54) is 16.0 Å². The number of hydrogen-bond donors (Lipinski definition) is 2. The number of aliphatic imine (C=N–C) groups is 1. The number of benzene rings is 1. The van der Waals surface area contributed by atoms with Gasteiger partial charge in [0.1, 0.15) is 0 Å². The largest absolute Gasteiger partial charge is 0.356 e. The zero-order chi connectivity index (χ0) is 17.4.